The number of ketones is 1. The Kier molecular flexibility index (Phi) is 4.55. The predicted octanol–water partition coefficient (Wildman–Crippen LogP) is 7.77. The van der Waals surface area contributed by atoms with Gasteiger partial charge in [0.2, 0.25) is 0 Å². The number of Topliss-reactive ketones (excluding diaryl/α,β-unsaturated/α-hetero) is 1. The van der Waals surface area contributed by atoms with E-state index in [1.807, 2.05) is 48.5 Å². The lowest BCUT2D eigenvalue weighted by Crippen LogP contribution is -1.96. The molecule has 36 heavy (non-hydrogen) atoms. The fourth-order valence-corrected chi connectivity index (χ4v) is 6.21. The predicted molar refractivity (Wildman–Crippen MR) is 147 cm³/mol. The first-order chi connectivity index (χ1) is 17.7. The number of fused-ring (bicyclic) bond motifs is 4. The summed E-state index contributed by atoms with van der Waals surface area (Å²) in [6, 6.07) is 33.1. The van der Waals surface area contributed by atoms with Gasteiger partial charge in [0.25, 0.3) is 0 Å². The molecule has 0 amide bonds. The van der Waals surface area contributed by atoms with Crippen LogP contribution in [0, 0.1) is 0 Å². The molecule has 3 heteroatoms. The average molecular weight is 469 g/mol. The van der Waals surface area contributed by atoms with E-state index in [0.29, 0.717) is 0 Å². The Balaban J connectivity index is 1.55. The van der Waals surface area contributed by atoms with Crippen molar-refractivity contribution >= 4 is 48.9 Å². The highest BCUT2D eigenvalue weighted by Crippen LogP contribution is 2.58. The van der Waals surface area contributed by atoms with Gasteiger partial charge in [-0.25, -0.2) is 0 Å². The van der Waals surface area contributed by atoms with E-state index in [0.717, 1.165) is 65.7 Å². The molecule has 0 aliphatic heterocycles. The molecule has 174 valence electrons. The summed E-state index contributed by atoms with van der Waals surface area (Å²) >= 11 is 0. The Labute approximate surface area is 208 Å². The van der Waals surface area contributed by atoms with Crippen molar-refractivity contribution in [3.05, 3.63) is 108 Å². The molecule has 3 nitrogen and oxygen atoms in total. The topological polar surface area (TPSA) is 35.5 Å². The quantitative estimate of drug-likeness (QED) is 0.248. The van der Waals surface area contributed by atoms with E-state index >= 15 is 0 Å². The van der Waals surface area contributed by atoms with Crippen molar-refractivity contribution in [2.75, 3.05) is 14.2 Å². The van der Waals surface area contributed by atoms with E-state index in [1.54, 1.807) is 14.2 Å². The number of methoxy groups -OCH3 is 2. The van der Waals surface area contributed by atoms with Gasteiger partial charge in [-0.05, 0) is 32.7 Å². The normalized spacial score (nSPS) is 17.2. The van der Waals surface area contributed by atoms with Crippen molar-refractivity contribution in [2.24, 2.45) is 0 Å². The maximum Gasteiger partial charge on any atom is 0.149 e. The zero-order chi connectivity index (χ0) is 24.4. The van der Waals surface area contributed by atoms with Crippen molar-refractivity contribution in [1.82, 2.24) is 0 Å². The smallest absolute Gasteiger partial charge is 0.149 e. The largest absolute Gasteiger partial charge is 0.495 e. The van der Waals surface area contributed by atoms with E-state index in [2.05, 4.69) is 48.5 Å². The number of ether oxygens (including phenoxy) is 2. The molecule has 0 saturated heterocycles. The molecule has 2 atom stereocenters. The summed E-state index contributed by atoms with van der Waals surface area (Å²) in [7, 11) is 3.43. The van der Waals surface area contributed by atoms with Crippen LogP contribution in [0.3, 0.4) is 0 Å². The molecule has 1 aliphatic carbocycles. The highest BCUT2D eigenvalue weighted by atomic mass is 16.5. The Morgan fingerprint density at radius 3 is 0.944 bits per heavy atom. The molecule has 2 unspecified atom stereocenters. The van der Waals surface area contributed by atoms with Gasteiger partial charge in [0, 0.05) is 21.5 Å². The minimum Gasteiger partial charge on any atom is -0.495 e. The number of hydrogen-bond acceptors (Lipinski definition) is 3. The van der Waals surface area contributed by atoms with Crippen molar-refractivity contribution < 1.29 is 14.3 Å². The fourth-order valence-electron chi connectivity index (χ4n) is 6.21. The first-order valence-electron chi connectivity index (χ1n) is 12.2. The van der Waals surface area contributed by atoms with Crippen LogP contribution in [0.25, 0.3) is 43.1 Å². The summed E-state index contributed by atoms with van der Waals surface area (Å²) in [6.45, 7) is 0. The zero-order valence-electron chi connectivity index (χ0n) is 20.1. The molecule has 7 rings (SSSR count). The molecule has 6 aromatic rings. The van der Waals surface area contributed by atoms with Crippen LogP contribution in [0.15, 0.2) is 97.1 Å². The molecule has 0 spiro atoms. The molecule has 1 saturated carbocycles. The van der Waals surface area contributed by atoms with Crippen LogP contribution in [0.1, 0.15) is 23.0 Å². The van der Waals surface area contributed by atoms with E-state index < -0.39 is 0 Å². The van der Waals surface area contributed by atoms with Gasteiger partial charge in [-0.1, -0.05) is 97.1 Å². The molecule has 0 aromatic heterocycles. The second kappa shape index (κ2) is 7.82. The number of benzene rings is 6. The Morgan fingerprint density at radius 2 is 0.694 bits per heavy atom. The minimum atomic E-state index is -0.217. The number of carbonyl (C=O) groups excluding carboxylic acids is 1. The Morgan fingerprint density at radius 1 is 0.444 bits per heavy atom. The molecule has 0 heterocycles. The van der Waals surface area contributed by atoms with Crippen LogP contribution in [-0.2, 0) is 4.79 Å². The first-order valence-corrected chi connectivity index (χ1v) is 12.2. The lowest BCUT2D eigenvalue weighted by Gasteiger charge is -2.17. The van der Waals surface area contributed by atoms with Crippen molar-refractivity contribution in [3.63, 3.8) is 0 Å². The molecule has 6 aromatic carbocycles. The van der Waals surface area contributed by atoms with Gasteiger partial charge < -0.3 is 9.47 Å². The minimum absolute atomic E-state index is 0.217. The third kappa shape index (κ3) is 2.77. The van der Waals surface area contributed by atoms with Gasteiger partial charge in [-0.15, -0.1) is 0 Å². The van der Waals surface area contributed by atoms with E-state index in [1.165, 1.54) is 0 Å². The SMILES string of the molecule is COc1c2ccccc2c(C2C(=O)C2c2c3ccccc3c(OC)c3ccccc23)c2ccccc12. The summed E-state index contributed by atoms with van der Waals surface area (Å²) in [5, 5.41) is 8.47. The third-order valence-corrected chi connectivity index (χ3v) is 7.71. The third-order valence-electron chi connectivity index (χ3n) is 7.71. The van der Waals surface area contributed by atoms with Gasteiger partial charge in [-0.3, -0.25) is 4.79 Å². The number of carbonyl (C=O) groups is 1. The molecule has 1 fully saturated rings. The van der Waals surface area contributed by atoms with Crippen LogP contribution in [0.5, 0.6) is 11.5 Å². The van der Waals surface area contributed by atoms with Crippen molar-refractivity contribution in [3.8, 4) is 11.5 Å². The molecular weight excluding hydrogens is 444 g/mol. The summed E-state index contributed by atoms with van der Waals surface area (Å²) in [4.78, 5) is 13.8. The fraction of sp³-hybridized carbons (Fsp3) is 0.121. The monoisotopic (exact) mass is 468 g/mol. The second-order valence-electron chi connectivity index (χ2n) is 9.43. The van der Waals surface area contributed by atoms with Crippen LogP contribution >= 0.6 is 0 Å². The van der Waals surface area contributed by atoms with Gasteiger partial charge in [-0.2, -0.15) is 0 Å². The van der Waals surface area contributed by atoms with Crippen LogP contribution in [0.2, 0.25) is 0 Å². The molecular formula is C33H24O3. The number of hydrogen-bond donors (Lipinski definition) is 0. The average Bonchev–Trinajstić information content (AvgIpc) is 3.58. The standard InChI is InChI=1S/C33H24O3/c1-35-32-23-15-7-3-11-19(23)27(20-12-4-8-16-24(20)32)29-30(31(29)34)28-21-13-5-9-17-25(21)33(36-2)26-18-10-6-14-22(26)28/h3-18,29-30H,1-2H3. The molecule has 1 aliphatic rings. The van der Waals surface area contributed by atoms with Crippen LogP contribution in [0.4, 0.5) is 0 Å². The molecule has 0 radical (unpaired) electrons. The van der Waals surface area contributed by atoms with Crippen LogP contribution in [-0.4, -0.2) is 20.0 Å². The summed E-state index contributed by atoms with van der Waals surface area (Å²) < 4.78 is 11.8. The summed E-state index contributed by atoms with van der Waals surface area (Å²) in [5.74, 6) is 1.54. The lowest BCUT2D eigenvalue weighted by atomic mass is 9.88. The van der Waals surface area contributed by atoms with E-state index in [9.17, 15) is 4.79 Å². The summed E-state index contributed by atoms with van der Waals surface area (Å²) in [6.07, 6.45) is 0. The van der Waals surface area contributed by atoms with Gasteiger partial charge in [0.05, 0.1) is 26.1 Å². The maximum atomic E-state index is 13.8. The highest BCUT2D eigenvalue weighted by Gasteiger charge is 2.53. The second-order valence-corrected chi connectivity index (χ2v) is 9.43. The van der Waals surface area contributed by atoms with Crippen molar-refractivity contribution in [1.29, 1.82) is 0 Å². The zero-order valence-corrected chi connectivity index (χ0v) is 20.1. The molecule has 0 N–H and O–H groups in total. The first kappa shape index (κ1) is 21.0. The van der Waals surface area contributed by atoms with E-state index in [4.69, 9.17) is 9.47 Å². The van der Waals surface area contributed by atoms with Crippen LogP contribution < -0.4 is 9.47 Å². The molecule has 0 bridgehead atoms. The van der Waals surface area contributed by atoms with Crippen molar-refractivity contribution in [2.45, 2.75) is 11.8 Å². The number of rotatable bonds is 4. The lowest BCUT2D eigenvalue weighted by molar-refractivity contribution is -0.110. The Hall–Kier alpha value is -4.37. The maximum absolute atomic E-state index is 13.8. The van der Waals surface area contributed by atoms with Gasteiger partial charge >= 0.3 is 0 Å². The Bertz CT molecular complexity index is 1600. The highest BCUT2D eigenvalue weighted by molar-refractivity contribution is 6.22. The van der Waals surface area contributed by atoms with E-state index in [-0.39, 0.29) is 17.6 Å². The van der Waals surface area contributed by atoms with Gasteiger partial charge in [0.1, 0.15) is 17.3 Å². The van der Waals surface area contributed by atoms with Gasteiger partial charge in [0.15, 0.2) is 0 Å². The summed E-state index contributed by atoms with van der Waals surface area (Å²) in [5.41, 5.74) is 2.20.